The van der Waals surface area contributed by atoms with Gasteiger partial charge in [-0.2, -0.15) is 0 Å². The molecular weight excluding hydrogens is 128 g/mol. The summed E-state index contributed by atoms with van der Waals surface area (Å²) >= 11 is 0. The van der Waals surface area contributed by atoms with Gasteiger partial charge in [-0.05, 0) is 31.6 Å². The molecule has 2 atom stereocenters. The highest BCUT2D eigenvalue weighted by molar-refractivity contribution is 4.92. The van der Waals surface area contributed by atoms with Crippen LogP contribution in [-0.4, -0.2) is 18.5 Å². The van der Waals surface area contributed by atoms with E-state index in [4.69, 9.17) is 9.47 Å². The van der Waals surface area contributed by atoms with E-state index in [1.807, 2.05) is 0 Å². The molecule has 2 nitrogen and oxygen atoms in total. The smallest absolute Gasteiger partial charge is 0.184 e. The van der Waals surface area contributed by atoms with Crippen LogP contribution in [-0.2, 0) is 9.47 Å². The Labute approximate surface area is 60.5 Å². The maximum atomic E-state index is 5.65. The SMILES string of the molecule is C1CC2CCC1OC1OC21. The van der Waals surface area contributed by atoms with Gasteiger partial charge < -0.3 is 9.47 Å². The average Bonchev–Trinajstić information content (AvgIpc) is 2.65. The van der Waals surface area contributed by atoms with E-state index in [9.17, 15) is 0 Å². The zero-order chi connectivity index (χ0) is 6.55. The second-order valence-electron chi connectivity index (χ2n) is 3.64. The molecule has 0 spiro atoms. The predicted molar refractivity (Wildman–Crippen MR) is 35.5 cm³/mol. The van der Waals surface area contributed by atoms with Crippen molar-refractivity contribution in [3.8, 4) is 0 Å². The van der Waals surface area contributed by atoms with E-state index >= 15 is 0 Å². The molecule has 4 aliphatic rings. The molecule has 0 radical (unpaired) electrons. The molecule has 1 aliphatic carbocycles. The van der Waals surface area contributed by atoms with Crippen molar-refractivity contribution in [2.24, 2.45) is 5.92 Å². The number of epoxide rings is 1. The Morgan fingerprint density at radius 1 is 0.900 bits per heavy atom. The van der Waals surface area contributed by atoms with Crippen LogP contribution in [0.4, 0.5) is 0 Å². The first-order chi connectivity index (χ1) is 4.93. The molecule has 0 amide bonds. The van der Waals surface area contributed by atoms with Crippen molar-refractivity contribution in [3.63, 3.8) is 0 Å². The summed E-state index contributed by atoms with van der Waals surface area (Å²) in [5.74, 6) is 0.837. The van der Waals surface area contributed by atoms with Gasteiger partial charge in [-0.25, -0.2) is 0 Å². The topological polar surface area (TPSA) is 21.8 Å². The monoisotopic (exact) mass is 140 g/mol. The maximum absolute atomic E-state index is 5.65. The van der Waals surface area contributed by atoms with Crippen molar-refractivity contribution in [3.05, 3.63) is 0 Å². The van der Waals surface area contributed by atoms with Gasteiger partial charge in [0.05, 0.1) is 6.10 Å². The number of hydrogen-bond acceptors (Lipinski definition) is 2. The zero-order valence-electron chi connectivity index (χ0n) is 5.95. The van der Waals surface area contributed by atoms with Crippen LogP contribution in [0.2, 0.25) is 0 Å². The van der Waals surface area contributed by atoms with E-state index in [2.05, 4.69) is 0 Å². The Morgan fingerprint density at radius 3 is 2.50 bits per heavy atom. The Balaban J connectivity index is 1.87. The second kappa shape index (κ2) is 1.74. The Kier molecular flexibility index (Phi) is 0.968. The van der Waals surface area contributed by atoms with Crippen molar-refractivity contribution < 1.29 is 9.47 Å². The molecule has 2 bridgehead atoms. The van der Waals surface area contributed by atoms with E-state index in [-0.39, 0.29) is 6.29 Å². The number of hydrogen-bond donors (Lipinski definition) is 0. The zero-order valence-corrected chi connectivity index (χ0v) is 5.95. The van der Waals surface area contributed by atoms with Crippen molar-refractivity contribution >= 4 is 0 Å². The lowest BCUT2D eigenvalue weighted by atomic mass is 9.87. The molecule has 3 aliphatic heterocycles. The second-order valence-corrected chi connectivity index (χ2v) is 3.64. The summed E-state index contributed by atoms with van der Waals surface area (Å²) in [6, 6.07) is 0. The standard InChI is InChI=1S/C8H12O2/c1-3-6-4-2-5(1)7-8(9-6)10-7/h5-8H,1-4H2. The molecule has 0 N–H and O–H groups in total. The van der Waals surface area contributed by atoms with Gasteiger partial charge in [0.15, 0.2) is 6.29 Å². The molecule has 4 rings (SSSR count). The van der Waals surface area contributed by atoms with Crippen molar-refractivity contribution in [1.82, 2.24) is 0 Å². The first-order valence-corrected chi connectivity index (χ1v) is 4.24. The highest BCUT2D eigenvalue weighted by Gasteiger charge is 2.51. The molecule has 0 aromatic heterocycles. The summed E-state index contributed by atoms with van der Waals surface area (Å²) in [7, 11) is 0. The largest absolute Gasteiger partial charge is 0.347 e. The van der Waals surface area contributed by atoms with Crippen molar-refractivity contribution in [2.45, 2.75) is 44.2 Å². The van der Waals surface area contributed by atoms with E-state index in [1.54, 1.807) is 0 Å². The first-order valence-electron chi connectivity index (χ1n) is 4.24. The minimum Gasteiger partial charge on any atom is -0.347 e. The average molecular weight is 140 g/mol. The predicted octanol–water partition coefficient (Wildman–Crippen LogP) is 1.30. The highest BCUT2D eigenvalue weighted by atomic mass is 16.8. The van der Waals surface area contributed by atoms with E-state index < -0.39 is 0 Å². The lowest BCUT2D eigenvalue weighted by Gasteiger charge is -2.23. The minimum atomic E-state index is 0.208. The van der Waals surface area contributed by atoms with E-state index in [0.717, 1.165) is 5.92 Å². The molecule has 0 aromatic carbocycles. The number of ether oxygens (including phenoxy) is 2. The summed E-state index contributed by atoms with van der Waals surface area (Å²) in [5.41, 5.74) is 0. The minimum absolute atomic E-state index is 0.208. The summed E-state index contributed by atoms with van der Waals surface area (Å²) in [5, 5.41) is 0. The van der Waals surface area contributed by atoms with Gasteiger partial charge in [-0.15, -0.1) is 0 Å². The van der Waals surface area contributed by atoms with Crippen molar-refractivity contribution in [1.29, 1.82) is 0 Å². The van der Waals surface area contributed by atoms with Crippen LogP contribution in [0.5, 0.6) is 0 Å². The summed E-state index contributed by atoms with van der Waals surface area (Å²) in [4.78, 5) is 0. The normalized spacial score (nSPS) is 57.6. The molecule has 56 valence electrons. The molecule has 10 heavy (non-hydrogen) atoms. The molecule has 2 heteroatoms. The summed E-state index contributed by atoms with van der Waals surface area (Å²) < 4.78 is 11.0. The number of rotatable bonds is 0. The van der Waals surface area contributed by atoms with Gasteiger partial charge in [-0.3, -0.25) is 0 Å². The van der Waals surface area contributed by atoms with Crippen LogP contribution in [0, 0.1) is 5.92 Å². The molecule has 3 heterocycles. The molecule has 2 unspecified atom stereocenters. The third kappa shape index (κ3) is 0.663. The van der Waals surface area contributed by atoms with Crippen LogP contribution >= 0.6 is 0 Å². The van der Waals surface area contributed by atoms with Gasteiger partial charge >= 0.3 is 0 Å². The van der Waals surface area contributed by atoms with Crippen LogP contribution in [0.3, 0.4) is 0 Å². The molecule has 4 fully saturated rings. The lowest BCUT2D eigenvalue weighted by molar-refractivity contribution is -0.0305. The quantitative estimate of drug-likeness (QED) is 0.473. The molecule has 1 saturated carbocycles. The van der Waals surface area contributed by atoms with E-state index in [1.165, 1.54) is 25.7 Å². The van der Waals surface area contributed by atoms with Gasteiger partial charge in [0, 0.05) is 0 Å². The van der Waals surface area contributed by atoms with Gasteiger partial charge in [-0.1, -0.05) is 0 Å². The van der Waals surface area contributed by atoms with Gasteiger partial charge in [0.1, 0.15) is 6.10 Å². The first kappa shape index (κ1) is 5.56. The van der Waals surface area contributed by atoms with Gasteiger partial charge in [0.25, 0.3) is 0 Å². The van der Waals surface area contributed by atoms with Crippen LogP contribution in [0.15, 0.2) is 0 Å². The Morgan fingerprint density at radius 2 is 1.70 bits per heavy atom. The fourth-order valence-electron chi connectivity index (χ4n) is 2.30. The maximum Gasteiger partial charge on any atom is 0.184 e. The summed E-state index contributed by atoms with van der Waals surface area (Å²) in [6.07, 6.45) is 6.47. The third-order valence-electron chi connectivity index (χ3n) is 2.99. The molecule has 0 aromatic rings. The Bertz CT molecular complexity index is 149. The fraction of sp³-hybridized carbons (Fsp3) is 1.00. The summed E-state index contributed by atoms with van der Waals surface area (Å²) in [6.45, 7) is 0. The lowest BCUT2D eigenvalue weighted by Crippen LogP contribution is -2.19. The third-order valence-corrected chi connectivity index (χ3v) is 2.99. The highest BCUT2D eigenvalue weighted by Crippen LogP contribution is 2.45. The van der Waals surface area contributed by atoms with E-state index in [0.29, 0.717) is 12.2 Å². The molecule has 3 saturated heterocycles. The van der Waals surface area contributed by atoms with Crippen LogP contribution < -0.4 is 0 Å². The van der Waals surface area contributed by atoms with Crippen LogP contribution in [0.25, 0.3) is 0 Å². The molecular formula is C8H12O2. The Hall–Kier alpha value is -0.0800. The van der Waals surface area contributed by atoms with Crippen LogP contribution in [0.1, 0.15) is 25.7 Å². The fourth-order valence-corrected chi connectivity index (χ4v) is 2.30. The van der Waals surface area contributed by atoms with Crippen molar-refractivity contribution in [2.75, 3.05) is 0 Å². The number of fused-ring (bicyclic) bond motifs is 2. The van der Waals surface area contributed by atoms with Gasteiger partial charge in [0.2, 0.25) is 0 Å².